The van der Waals surface area contributed by atoms with Crippen LogP contribution in [0, 0.1) is 13.8 Å². The Bertz CT molecular complexity index is 3030. The van der Waals surface area contributed by atoms with Crippen molar-refractivity contribution in [2.24, 2.45) is 0 Å². The summed E-state index contributed by atoms with van der Waals surface area (Å²) in [5.41, 5.74) is 26.7. The Morgan fingerprint density at radius 3 is 1.65 bits per heavy atom. The van der Waals surface area contributed by atoms with E-state index in [1.165, 1.54) is 139 Å². The van der Waals surface area contributed by atoms with E-state index in [1.54, 1.807) is 5.56 Å². The van der Waals surface area contributed by atoms with Crippen LogP contribution in [0.5, 0.6) is 0 Å². The van der Waals surface area contributed by atoms with Gasteiger partial charge in [-0.1, -0.05) is 149 Å². The lowest BCUT2D eigenvalue weighted by Gasteiger charge is -2.44. The highest BCUT2D eigenvalue weighted by molar-refractivity contribution is 6.64. The number of benzene rings is 5. The van der Waals surface area contributed by atoms with Crippen LogP contribution < -0.4 is 15.3 Å². The van der Waals surface area contributed by atoms with Gasteiger partial charge in [-0.05, 0) is 202 Å². The molecule has 1 unspecified atom stereocenters. The van der Waals surface area contributed by atoms with E-state index >= 15 is 0 Å². The van der Waals surface area contributed by atoms with E-state index in [9.17, 15) is 0 Å². The summed E-state index contributed by atoms with van der Waals surface area (Å²) in [5.74, 6) is 0.274. The molecule has 0 saturated heterocycles. The smallest absolute Gasteiger partial charge is 0.191 e. The molecule has 2 bridgehead atoms. The van der Waals surface area contributed by atoms with Crippen LogP contribution in [0.4, 0.5) is 28.4 Å². The first kappa shape index (κ1) is 45.4. The van der Waals surface area contributed by atoms with Crippen LogP contribution in [0.25, 0.3) is 5.70 Å². The first-order chi connectivity index (χ1) is 31.9. The summed E-state index contributed by atoms with van der Waals surface area (Å²) in [7, 11) is 2.60. The largest absolute Gasteiger partial charge is 0.311 e. The summed E-state index contributed by atoms with van der Waals surface area (Å²) in [5, 5.41) is 0. The van der Waals surface area contributed by atoms with Gasteiger partial charge in [-0.2, -0.15) is 0 Å². The first-order valence-corrected chi connectivity index (χ1v) is 26.2. The van der Waals surface area contributed by atoms with Gasteiger partial charge in [-0.3, -0.25) is 0 Å². The van der Waals surface area contributed by atoms with Crippen LogP contribution in [0.2, 0.25) is 0 Å². The van der Waals surface area contributed by atoms with Gasteiger partial charge in [-0.15, -0.1) is 0 Å². The minimum Gasteiger partial charge on any atom is -0.311 e. The number of allylic oxidation sites excluding steroid dienone is 5. The SMILES string of the molecule is Cc1cc2cc(c1)N(c1cc3c(cc1C1C=CC=CC1)C(C)(C)CCC3(C)C)c1cc(C)ccc1[B]C1=C(c3cc4c(cc3C1)C(C)(C)CCC4(C)C)N2c1ccc2c(c1)C(C)(C)CCC2(C)C. The normalized spacial score (nSPS) is 22.8. The third-order valence-electron chi connectivity index (χ3n) is 18.3. The van der Waals surface area contributed by atoms with Gasteiger partial charge in [-0.25, -0.2) is 0 Å². The predicted octanol–water partition coefficient (Wildman–Crippen LogP) is 16.8. The lowest BCUT2D eigenvalue weighted by Crippen LogP contribution is -2.35. The van der Waals surface area contributed by atoms with Gasteiger partial charge in [0.1, 0.15) is 0 Å². The Kier molecular flexibility index (Phi) is 10.2. The van der Waals surface area contributed by atoms with Crippen molar-refractivity contribution in [1.29, 1.82) is 0 Å². The number of anilines is 5. The number of hydrogen-bond donors (Lipinski definition) is 0. The van der Waals surface area contributed by atoms with E-state index < -0.39 is 0 Å². The van der Waals surface area contributed by atoms with Gasteiger partial charge in [0.05, 0.1) is 5.69 Å². The highest BCUT2D eigenvalue weighted by Crippen LogP contribution is 2.55. The zero-order valence-corrected chi connectivity index (χ0v) is 44.0. The molecule has 5 aromatic carbocycles. The van der Waals surface area contributed by atoms with Crippen molar-refractivity contribution in [3.63, 3.8) is 0 Å². The molecule has 3 heteroatoms. The molecular formula is C65H76BN2. The fourth-order valence-electron chi connectivity index (χ4n) is 13.5. The van der Waals surface area contributed by atoms with Gasteiger partial charge in [0.15, 0.2) is 7.28 Å². The van der Waals surface area contributed by atoms with Gasteiger partial charge in [0, 0.05) is 39.9 Å². The molecule has 5 aliphatic carbocycles. The van der Waals surface area contributed by atoms with Crippen LogP contribution in [-0.4, -0.2) is 7.28 Å². The molecule has 1 heterocycles. The predicted molar refractivity (Wildman–Crippen MR) is 293 cm³/mol. The molecule has 1 radical (unpaired) electrons. The molecule has 0 aromatic heterocycles. The van der Waals surface area contributed by atoms with Crippen LogP contribution in [-0.2, 0) is 38.9 Å². The molecule has 5 aromatic rings. The molecule has 0 spiro atoms. The quantitative estimate of drug-likeness (QED) is 0.167. The Morgan fingerprint density at radius 2 is 1.03 bits per heavy atom. The fourth-order valence-corrected chi connectivity index (χ4v) is 13.5. The third kappa shape index (κ3) is 7.25. The number of rotatable bonds is 3. The van der Waals surface area contributed by atoms with Crippen LogP contribution in [0.1, 0.15) is 195 Å². The minimum absolute atomic E-state index is 0.0556. The van der Waals surface area contributed by atoms with E-state index in [1.807, 2.05) is 0 Å². The van der Waals surface area contributed by atoms with Crippen molar-refractivity contribution in [1.82, 2.24) is 0 Å². The van der Waals surface area contributed by atoms with Crippen LogP contribution >= 0.6 is 0 Å². The van der Waals surface area contributed by atoms with Crippen LogP contribution in [0.3, 0.4) is 0 Å². The number of nitrogens with zero attached hydrogens (tertiary/aromatic N) is 2. The number of hydrogen-bond acceptors (Lipinski definition) is 2. The lowest BCUT2D eigenvalue weighted by molar-refractivity contribution is 0.331. The van der Waals surface area contributed by atoms with Crippen molar-refractivity contribution in [2.45, 2.75) is 187 Å². The molecular weight excluding hydrogens is 820 g/mol. The standard InChI is InChI=1S/C65H76BN2/c1-40-20-23-55-58(32-40)68(57-39-54-52(63(9,10)28-29-65(54,13)14)37-47(57)42-18-16-15-17-19-42)46-31-41(2)30-45(35-46)67(44-21-22-49-51(36-44)62(7,8)25-24-60(49,3)4)59-48-38-53-50(33-43(48)34-56(59)66-55)61(5,6)26-27-64(53,11)12/h15-18,20-23,30-33,35-39,42H,19,24-29,34H2,1-14H3. The maximum Gasteiger partial charge on any atom is 0.191 e. The Hall–Kier alpha value is -5.02. The van der Waals surface area contributed by atoms with E-state index in [2.05, 4.69) is 217 Å². The van der Waals surface area contributed by atoms with E-state index in [-0.39, 0.29) is 38.4 Å². The molecule has 6 aliphatic rings. The molecule has 11 rings (SSSR count). The summed E-state index contributed by atoms with van der Waals surface area (Å²) < 4.78 is 0. The first-order valence-electron chi connectivity index (χ1n) is 26.2. The van der Waals surface area contributed by atoms with Crippen molar-refractivity contribution < 1.29 is 0 Å². The summed E-state index contributed by atoms with van der Waals surface area (Å²) in [6.07, 6.45) is 18.4. The van der Waals surface area contributed by atoms with Crippen molar-refractivity contribution in [3.05, 3.63) is 170 Å². The summed E-state index contributed by atoms with van der Waals surface area (Å²) in [6, 6.07) is 32.9. The van der Waals surface area contributed by atoms with Crippen molar-refractivity contribution >= 4 is 46.9 Å². The fraction of sp³-hybridized carbons (Fsp3) is 0.446. The Morgan fingerprint density at radius 1 is 0.471 bits per heavy atom. The van der Waals surface area contributed by atoms with E-state index in [0.29, 0.717) is 0 Å². The number of fused-ring (bicyclic) bond motifs is 8. The average molecular weight is 896 g/mol. The molecule has 349 valence electrons. The van der Waals surface area contributed by atoms with Gasteiger partial charge in [0.25, 0.3) is 0 Å². The second-order valence-electron chi connectivity index (χ2n) is 26.2. The zero-order chi connectivity index (χ0) is 48.1. The van der Waals surface area contributed by atoms with Gasteiger partial charge < -0.3 is 9.80 Å². The molecule has 1 atom stereocenters. The van der Waals surface area contributed by atoms with Crippen molar-refractivity contribution in [3.8, 4) is 0 Å². The molecule has 1 aliphatic heterocycles. The second-order valence-corrected chi connectivity index (χ2v) is 26.2. The Labute approximate surface area is 411 Å². The molecule has 0 saturated carbocycles. The molecule has 0 amide bonds. The monoisotopic (exact) mass is 896 g/mol. The van der Waals surface area contributed by atoms with Gasteiger partial charge in [0.2, 0.25) is 0 Å². The zero-order valence-electron chi connectivity index (χ0n) is 44.0. The van der Waals surface area contributed by atoms with E-state index in [4.69, 9.17) is 0 Å². The highest BCUT2D eigenvalue weighted by atomic mass is 15.2. The summed E-state index contributed by atoms with van der Waals surface area (Å²) in [4.78, 5) is 5.38. The van der Waals surface area contributed by atoms with Crippen molar-refractivity contribution in [2.75, 3.05) is 9.80 Å². The lowest BCUT2D eigenvalue weighted by atomic mass is 9.60. The van der Waals surface area contributed by atoms with Crippen LogP contribution in [0.15, 0.2) is 109 Å². The number of aryl methyl sites for hydroxylation is 2. The molecule has 68 heavy (non-hydrogen) atoms. The highest BCUT2D eigenvalue weighted by Gasteiger charge is 2.43. The topological polar surface area (TPSA) is 6.48 Å². The minimum atomic E-state index is 0.0556. The molecule has 0 fully saturated rings. The van der Waals surface area contributed by atoms with Gasteiger partial charge >= 0.3 is 0 Å². The maximum absolute atomic E-state index is 2.70. The second kappa shape index (κ2) is 15.2. The maximum atomic E-state index is 2.70. The molecule has 0 N–H and O–H groups in total. The van der Waals surface area contributed by atoms with E-state index in [0.717, 1.165) is 12.8 Å². The Balaban J connectivity index is 1.23. The molecule has 2 nitrogen and oxygen atoms in total. The third-order valence-corrected chi connectivity index (χ3v) is 18.3. The summed E-state index contributed by atoms with van der Waals surface area (Å²) in [6.45, 7) is 34.3. The average Bonchev–Trinajstić information content (AvgIpc) is 3.62. The summed E-state index contributed by atoms with van der Waals surface area (Å²) >= 11 is 0.